The first-order valence-electron chi connectivity index (χ1n) is 5.43. The van der Waals surface area contributed by atoms with Gasteiger partial charge in [0.25, 0.3) is 0 Å². The Labute approximate surface area is 99.9 Å². The molecule has 0 radical (unpaired) electrons. The van der Waals surface area contributed by atoms with Crippen LogP contribution in [-0.2, 0) is 0 Å². The van der Waals surface area contributed by atoms with Crippen molar-refractivity contribution in [3.63, 3.8) is 0 Å². The zero-order valence-corrected chi connectivity index (χ0v) is 9.84. The van der Waals surface area contributed by atoms with Crippen molar-refractivity contribution in [2.75, 3.05) is 19.0 Å². The van der Waals surface area contributed by atoms with Crippen molar-refractivity contribution in [1.82, 2.24) is 15.0 Å². The monoisotopic (exact) mass is 230 g/mol. The first kappa shape index (κ1) is 11.3. The van der Waals surface area contributed by atoms with E-state index in [1.54, 1.807) is 7.11 Å². The molecule has 0 aliphatic rings. The van der Waals surface area contributed by atoms with Crippen LogP contribution in [0.4, 0.5) is 5.95 Å². The van der Waals surface area contributed by atoms with Crippen molar-refractivity contribution in [2.24, 2.45) is 0 Å². The lowest BCUT2D eigenvalue weighted by Gasteiger charge is -2.06. The number of hydrogen-bond donors (Lipinski definition) is 1. The van der Waals surface area contributed by atoms with Gasteiger partial charge in [0.2, 0.25) is 5.95 Å². The molecular weight excluding hydrogens is 216 g/mol. The maximum absolute atomic E-state index is 5.06. The van der Waals surface area contributed by atoms with Crippen molar-refractivity contribution >= 4 is 5.95 Å². The highest BCUT2D eigenvalue weighted by molar-refractivity contribution is 5.56. The molecule has 0 spiro atoms. The second-order valence-electron chi connectivity index (χ2n) is 3.37. The molecule has 2 aromatic rings. The molecule has 0 atom stereocenters. The summed E-state index contributed by atoms with van der Waals surface area (Å²) in [5, 5.41) is 3.05. The first-order valence-corrected chi connectivity index (χ1v) is 5.43. The maximum atomic E-state index is 5.06. The molecule has 1 N–H and O–H groups in total. The van der Waals surface area contributed by atoms with Crippen LogP contribution in [0.1, 0.15) is 6.92 Å². The summed E-state index contributed by atoms with van der Waals surface area (Å²) in [6.07, 6.45) is 0. The molecule has 0 saturated heterocycles. The van der Waals surface area contributed by atoms with E-state index < -0.39 is 0 Å². The number of methoxy groups -OCH3 is 1. The Kier molecular flexibility index (Phi) is 3.49. The highest BCUT2D eigenvalue weighted by Gasteiger charge is 2.07. The van der Waals surface area contributed by atoms with Gasteiger partial charge in [0.05, 0.1) is 7.11 Å². The predicted octanol–water partition coefficient (Wildman–Crippen LogP) is 1.98. The molecule has 88 valence electrons. The summed E-state index contributed by atoms with van der Waals surface area (Å²) in [5.74, 6) is 1.13. The lowest BCUT2D eigenvalue weighted by molar-refractivity contribution is 0.379. The van der Waals surface area contributed by atoms with Crippen LogP contribution in [0.3, 0.4) is 0 Å². The summed E-state index contributed by atoms with van der Waals surface area (Å²) >= 11 is 0. The van der Waals surface area contributed by atoms with Crippen LogP contribution in [0.25, 0.3) is 11.4 Å². The molecule has 1 aromatic carbocycles. The van der Waals surface area contributed by atoms with Crippen LogP contribution in [-0.4, -0.2) is 28.6 Å². The van der Waals surface area contributed by atoms with Gasteiger partial charge in [0.15, 0.2) is 5.82 Å². The van der Waals surface area contributed by atoms with Crippen LogP contribution in [0.15, 0.2) is 30.3 Å². The van der Waals surface area contributed by atoms with E-state index in [-0.39, 0.29) is 0 Å². The Bertz CT molecular complexity index is 487. The van der Waals surface area contributed by atoms with E-state index in [0.29, 0.717) is 17.8 Å². The third-order valence-electron chi connectivity index (χ3n) is 2.16. The SMILES string of the molecule is CCNc1nc(OC)nc(-c2ccccc2)n1. The minimum atomic E-state index is 0.315. The molecule has 5 heteroatoms. The summed E-state index contributed by atoms with van der Waals surface area (Å²) in [5.41, 5.74) is 0.937. The summed E-state index contributed by atoms with van der Waals surface area (Å²) in [7, 11) is 1.54. The van der Waals surface area contributed by atoms with Crippen molar-refractivity contribution in [3.8, 4) is 17.4 Å². The molecule has 0 unspecified atom stereocenters. The molecule has 1 aromatic heterocycles. The Morgan fingerprint density at radius 2 is 1.88 bits per heavy atom. The predicted molar refractivity (Wildman–Crippen MR) is 66.0 cm³/mol. The average molecular weight is 230 g/mol. The van der Waals surface area contributed by atoms with Crippen LogP contribution >= 0.6 is 0 Å². The van der Waals surface area contributed by atoms with E-state index in [0.717, 1.165) is 12.1 Å². The minimum absolute atomic E-state index is 0.315. The Morgan fingerprint density at radius 1 is 1.12 bits per heavy atom. The van der Waals surface area contributed by atoms with Crippen LogP contribution in [0, 0.1) is 0 Å². The topological polar surface area (TPSA) is 59.9 Å². The molecule has 2 rings (SSSR count). The molecule has 0 amide bonds. The highest BCUT2D eigenvalue weighted by atomic mass is 16.5. The molecule has 1 heterocycles. The van der Waals surface area contributed by atoms with Gasteiger partial charge in [0.1, 0.15) is 0 Å². The van der Waals surface area contributed by atoms with Gasteiger partial charge in [-0.25, -0.2) is 0 Å². The van der Waals surface area contributed by atoms with Gasteiger partial charge in [-0.2, -0.15) is 15.0 Å². The third kappa shape index (κ3) is 2.69. The number of aromatic nitrogens is 3. The fraction of sp³-hybridized carbons (Fsp3) is 0.250. The van der Waals surface area contributed by atoms with Gasteiger partial charge < -0.3 is 10.1 Å². The number of ether oxygens (including phenoxy) is 1. The molecule has 0 aliphatic carbocycles. The van der Waals surface area contributed by atoms with Crippen molar-refractivity contribution < 1.29 is 4.74 Å². The van der Waals surface area contributed by atoms with E-state index in [9.17, 15) is 0 Å². The van der Waals surface area contributed by atoms with E-state index in [4.69, 9.17) is 4.74 Å². The number of rotatable bonds is 4. The number of benzene rings is 1. The number of nitrogens with one attached hydrogen (secondary N) is 1. The van der Waals surface area contributed by atoms with Gasteiger partial charge >= 0.3 is 6.01 Å². The Hall–Kier alpha value is -2.17. The van der Waals surface area contributed by atoms with Gasteiger partial charge in [-0.1, -0.05) is 30.3 Å². The molecule has 0 bridgehead atoms. The first-order chi connectivity index (χ1) is 8.33. The van der Waals surface area contributed by atoms with Crippen LogP contribution in [0.5, 0.6) is 6.01 Å². The molecule has 5 nitrogen and oxygen atoms in total. The summed E-state index contributed by atoms with van der Waals surface area (Å²) < 4.78 is 5.06. The Balaban J connectivity index is 2.43. The van der Waals surface area contributed by atoms with E-state index in [2.05, 4.69) is 20.3 Å². The van der Waals surface area contributed by atoms with Crippen molar-refractivity contribution in [2.45, 2.75) is 6.92 Å². The lowest BCUT2D eigenvalue weighted by Crippen LogP contribution is -2.06. The second kappa shape index (κ2) is 5.25. The van der Waals surface area contributed by atoms with Gasteiger partial charge in [-0.3, -0.25) is 0 Å². The minimum Gasteiger partial charge on any atom is -0.467 e. The smallest absolute Gasteiger partial charge is 0.321 e. The van der Waals surface area contributed by atoms with Crippen LogP contribution < -0.4 is 10.1 Å². The molecule has 17 heavy (non-hydrogen) atoms. The normalized spacial score (nSPS) is 10.0. The van der Waals surface area contributed by atoms with Gasteiger partial charge in [-0.05, 0) is 6.92 Å². The largest absolute Gasteiger partial charge is 0.467 e. The van der Waals surface area contributed by atoms with Crippen LogP contribution in [0.2, 0.25) is 0 Å². The Morgan fingerprint density at radius 3 is 2.53 bits per heavy atom. The third-order valence-corrected chi connectivity index (χ3v) is 2.16. The number of anilines is 1. The molecule has 0 aliphatic heterocycles. The van der Waals surface area contributed by atoms with Gasteiger partial charge in [0, 0.05) is 12.1 Å². The van der Waals surface area contributed by atoms with E-state index in [1.165, 1.54) is 0 Å². The zero-order valence-electron chi connectivity index (χ0n) is 9.84. The van der Waals surface area contributed by atoms with Crippen molar-refractivity contribution in [3.05, 3.63) is 30.3 Å². The van der Waals surface area contributed by atoms with E-state index in [1.807, 2.05) is 37.3 Å². The number of hydrogen-bond acceptors (Lipinski definition) is 5. The summed E-state index contributed by atoms with van der Waals surface area (Å²) in [4.78, 5) is 12.7. The molecular formula is C12H14N4O. The average Bonchev–Trinajstić information content (AvgIpc) is 2.40. The number of nitrogens with zero attached hydrogens (tertiary/aromatic N) is 3. The highest BCUT2D eigenvalue weighted by Crippen LogP contribution is 2.17. The van der Waals surface area contributed by atoms with Gasteiger partial charge in [-0.15, -0.1) is 0 Å². The fourth-order valence-electron chi connectivity index (χ4n) is 1.40. The second-order valence-corrected chi connectivity index (χ2v) is 3.37. The maximum Gasteiger partial charge on any atom is 0.321 e. The van der Waals surface area contributed by atoms with Crippen molar-refractivity contribution in [1.29, 1.82) is 0 Å². The lowest BCUT2D eigenvalue weighted by atomic mass is 10.2. The standard InChI is InChI=1S/C12H14N4O/c1-3-13-11-14-10(15-12(16-11)17-2)9-7-5-4-6-8-9/h4-8H,3H2,1-2H3,(H,13,14,15,16). The summed E-state index contributed by atoms with van der Waals surface area (Å²) in [6, 6.07) is 10.0. The molecule has 0 fully saturated rings. The molecule has 0 saturated carbocycles. The quantitative estimate of drug-likeness (QED) is 0.870. The fourth-order valence-corrected chi connectivity index (χ4v) is 1.40. The zero-order chi connectivity index (χ0) is 12.1. The summed E-state index contributed by atoms with van der Waals surface area (Å²) in [6.45, 7) is 2.74. The van der Waals surface area contributed by atoms with E-state index >= 15 is 0 Å².